The molecule has 5 rings (SSSR count). The molecule has 5 fully saturated rings. The number of rotatable bonds is 14. The maximum Gasteiger partial charge on any atom is 0.217 e. The summed E-state index contributed by atoms with van der Waals surface area (Å²) in [4.78, 5) is 12.3. The SMILES string of the molecule is CCCO[C@@H]1OC(CO)[C@@H](O)[C@H](O[C@@H]2OC(C)[C@H](O)[C@H](O[C@@H]3OC(C)[C@H](O)[C@H](O)C3O[C@@H]3OC(C)[C@H](O)[C@H](O[C@H]4O[C@@H](CO)[C@@H](O)C(O)C4O)C3O)C2C)C1NC(C)=O. The summed E-state index contributed by atoms with van der Waals surface area (Å²) in [7, 11) is 0. The number of hydrogen-bond acceptors (Lipinski definition) is 22. The molecule has 0 aliphatic carbocycles. The number of ether oxygens (including phenoxy) is 10. The van der Waals surface area contributed by atoms with E-state index in [0.717, 1.165) is 0 Å². The van der Waals surface area contributed by atoms with Gasteiger partial charge in [0, 0.05) is 19.4 Å². The Morgan fingerprint density at radius 2 is 1.00 bits per heavy atom. The van der Waals surface area contributed by atoms with Crippen molar-refractivity contribution in [2.24, 2.45) is 5.92 Å². The van der Waals surface area contributed by atoms with Gasteiger partial charge >= 0.3 is 0 Å². The summed E-state index contributed by atoms with van der Waals surface area (Å²) in [6.45, 7) is 7.87. The van der Waals surface area contributed by atoms with Crippen LogP contribution in [0.5, 0.6) is 0 Å². The number of carbonyl (C=O) groups is 1. The number of aliphatic hydroxyl groups is 11. The molecule has 5 aliphatic rings. The van der Waals surface area contributed by atoms with Crippen LogP contribution < -0.4 is 5.32 Å². The first-order valence-corrected chi connectivity index (χ1v) is 20.0. The zero-order valence-corrected chi connectivity index (χ0v) is 33.7. The Kier molecular flexibility index (Phi) is 17.2. The second-order valence-electron chi connectivity index (χ2n) is 15.9. The Hall–Kier alpha value is -1.37. The number of aliphatic hydroxyl groups excluding tert-OH is 11. The van der Waals surface area contributed by atoms with Gasteiger partial charge in [0.1, 0.15) is 91.5 Å². The third kappa shape index (κ3) is 10.5. The zero-order chi connectivity index (χ0) is 43.6. The molecule has 1 amide bonds. The molecule has 5 aliphatic heterocycles. The Morgan fingerprint density at radius 3 is 1.61 bits per heavy atom. The van der Waals surface area contributed by atoms with Gasteiger partial charge in [0.15, 0.2) is 31.5 Å². The molecule has 23 nitrogen and oxygen atoms in total. The topological polar surface area (TPSA) is 344 Å². The van der Waals surface area contributed by atoms with E-state index in [9.17, 15) is 61.0 Å². The highest BCUT2D eigenvalue weighted by Crippen LogP contribution is 2.37. The van der Waals surface area contributed by atoms with Crippen LogP contribution in [0.3, 0.4) is 0 Å². The lowest BCUT2D eigenvalue weighted by Gasteiger charge is -2.50. The number of hydrogen-bond donors (Lipinski definition) is 12. The van der Waals surface area contributed by atoms with Gasteiger partial charge in [0.25, 0.3) is 0 Å². The number of carbonyl (C=O) groups excluding carboxylic acids is 1. The molecule has 59 heavy (non-hydrogen) atoms. The standard InChI is InChI=1S/C36H63NO22/c1-7-8-50-33-18(37-15(6)40)29(23(45)17(10-39)54-33)57-32-11(2)28(20(42)13(4)51-32)56-36-31(25(47)19(41)12(3)53-36)59-35-27(49)30(21(43)14(5)52-35)58-34-26(48)24(46)22(44)16(9-38)55-34/h11-14,16-36,38-39,41-49H,7-10H2,1-6H3,(H,37,40)/t11?,12?,13?,14?,16-,17?,18?,19-,20-,21-,22+,23+,24?,25-,26?,27?,28+,29+,30-,31?,32-,33+,34+,35-,36-/m0/s1. The second-order valence-corrected chi connectivity index (χ2v) is 15.9. The molecule has 5 saturated heterocycles. The zero-order valence-electron chi connectivity index (χ0n) is 33.7. The Bertz CT molecular complexity index is 1320. The Morgan fingerprint density at radius 1 is 0.508 bits per heavy atom. The molecule has 0 aromatic heterocycles. The summed E-state index contributed by atoms with van der Waals surface area (Å²) in [5, 5.41) is 120. The molecular formula is C36H63NO22. The summed E-state index contributed by atoms with van der Waals surface area (Å²) in [5.41, 5.74) is 0. The van der Waals surface area contributed by atoms with Crippen molar-refractivity contribution in [2.45, 2.75) is 195 Å². The molecule has 23 heteroatoms. The summed E-state index contributed by atoms with van der Waals surface area (Å²) in [5.74, 6) is -1.41. The van der Waals surface area contributed by atoms with Crippen molar-refractivity contribution in [3.63, 3.8) is 0 Å². The van der Waals surface area contributed by atoms with Crippen LogP contribution in [0, 0.1) is 5.92 Å². The van der Waals surface area contributed by atoms with Crippen LogP contribution in [0.1, 0.15) is 48.0 Å². The minimum absolute atomic E-state index is 0.217. The third-order valence-electron chi connectivity index (χ3n) is 11.4. The average Bonchev–Trinajstić information content (AvgIpc) is 3.20. The van der Waals surface area contributed by atoms with Crippen LogP contribution in [-0.2, 0) is 52.2 Å². The molecule has 12 N–H and O–H groups in total. The van der Waals surface area contributed by atoms with Crippen LogP contribution in [0.15, 0.2) is 0 Å². The number of amides is 1. The lowest BCUT2D eigenvalue weighted by molar-refractivity contribution is -0.393. The predicted octanol–water partition coefficient (Wildman–Crippen LogP) is -5.99. The monoisotopic (exact) mass is 861 g/mol. The maximum absolute atomic E-state index is 12.3. The predicted molar refractivity (Wildman–Crippen MR) is 191 cm³/mol. The van der Waals surface area contributed by atoms with Gasteiger partial charge in [0.2, 0.25) is 5.91 Å². The highest BCUT2D eigenvalue weighted by molar-refractivity contribution is 5.73. The fourth-order valence-corrected chi connectivity index (χ4v) is 7.83. The van der Waals surface area contributed by atoms with Crippen molar-refractivity contribution in [3.05, 3.63) is 0 Å². The summed E-state index contributed by atoms with van der Waals surface area (Å²) in [6.07, 6.45) is -33.7. The van der Waals surface area contributed by atoms with Gasteiger partial charge in [-0.05, 0) is 27.2 Å². The quantitative estimate of drug-likeness (QED) is 0.0773. The van der Waals surface area contributed by atoms with Gasteiger partial charge in [0.05, 0.1) is 37.6 Å². The molecule has 5 heterocycles. The van der Waals surface area contributed by atoms with E-state index in [1.165, 1.54) is 27.7 Å². The van der Waals surface area contributed by atoms with Gasteiger partial charge in [-0.1, -0.05) is 13.8 Å². The van der Waals surface area contributed by atoms with Gasteiger partial charge in [-0.2, -0.15) is 0 Å². The van der Waals surface area contributed by atoms with Crippen molar-refractivity contribution in [1.82, 2.24) is 5.32 Å². The van der Waals surface area contributed by atoms with Crippen LogP contribution in [0.2, 0.25) is 0 Å². The van der Waals surface area contributed by atoms with E-state index >= 15 is 0 Å². The van der Waals surface area contributed by atoms with Gasteiger partial charge < -0.3 is 109 Å². The van der Waals surface area contributed by atoms with Crippen LogP contribution in [0.25, 0.3) is 0 Å². The maximum atomic E-state index is 12.3. The first-order chi connectivity index (χ1) is 27.8. The molecule has 0 bridgehead atoms. The highest BCUT2D eigenvalue weighted by atomic mass is 16.8. The summed E-state index contributed by atoms with van der Waals surface area (Å²) < 4.78 is 59.0. The van der Waals surface area contributed by atoms with Crippen LogP contribution in [-0.4, -0.2) is 229 Å². The minimum Gasteiger partial charge on any atom is -0.394 e. The van der Waals surface area contributed by atoms with Crippen molar-refractivity contribution < 1.29 is 108 Å². The molecule has 0 saturated carbocycles. The van der Waals surface area contributed by atoms with Crippen molar-refractivity contribution >= 4 is 5.91 Å². The van der Waals surface area contributed by atoms with E-state index < -0.39 is 172 Å². The van der Waals surface area contributed by atoms with E-state index in [2.05, 4.69) is 5.32 Å². The van der Waals surface area contributed by atoms with E-state index in [1.807, 2.05) is 6.92 Å². The Labute approximate surface area is 340 Å². The highest BCUT2D eigenvalue weighted by Gasteiger charge is 2.56. The molecule has 0 radical (unpaired) electrons. The first kappa shape index (κ1) is 48.7. The molecule has 344 valence electrons. The summed E-state index contributed by atoms with van der Waals surface area (Å²) >= 11 is 0. The molecular weight excluding hydrogens is 798 g/mol. The van der Waals surface area contributed by atoms with Crippen molar-refractivity contribution in [1.29, 1.82) is 0 Å². The second kappa shape index (κ2) is 20.9. The van der Waals surface area contributed by atoms with Crippen molar-refractivity contribution in [2.75, 3.05) is 19.8 Å². The lowest BCUT2D eigenvalue weighted by atomic mass is 9.91. The fourth-order valence-electron chi connectivity index (χ4n) is 7.83. The molecule has 0 aromatic carbocycles. The fraction of sp³-hybridized carbons (Fsp3) is 0.972. The van der Waals surface area contributed by atoms with Crippen LogP contribution in [0.4, 0.5) is 0 Å². The summed E-state index contributed by atoms with van der Waals surface area (Å²) in [6, 6.07) is -1.08. The van der Waals surface area contributed by atoms with E-state index in [0.29, 0.717) is 6.42 Å². The largest absolute Gasteiger partial charge is 0.394 e. The normalized spacial score (nSPS) is 51.0. The Balaban J connectivity index is 1.36. The molecule has 0 spiro atoms. The van der Waals surface area contributed by atoms with E-state index in [1.54, 1.807) is 6.92 Å². The van der Waals surface area contributed by atoms with Gasteiger partial charge in [-0.15, -0.1) is 0 Å². The molecule has 0 aromatic rings. The van der Waals surface area contributed by atoms with Gasteiger partial charge in [-0.3, -0.25) is 4.79 Å². The van der Waals surface area contributed by atoms with Gasteiger partial charge in [-0.25, -0.2) is 0 Å². The van der Waals surface area contributed by atoms with E-state index in [-0.39, 0.29) is 6.61 Å². The smallest absolute Gasteiger partial charge is 0.217 e. The van der Waals surface area contributed by atoms with Crippen molar-refractivity contribution in [3.8, 4) is 0 Å². The lowest BCUT2D eigenvalue weighted by Crippen LogP contribution is -2.67. The van der Waals surface area contributed by atoms with E-state index in [4.69, 9.17) is 47.4 Å². The minimum atomic E-state index is -1.92. The van der Waals surface area contributed by atoms with Crippen LogP contribution >= 0.6 is 0 Å². The first-order valence-electron chi connectivity index (χ1n) is 20.0. The number of nitrogens with one attached hydrogen (secondary N) is 1. The third-order valence-corrected chi connectivity index (χ3v) is 11.4. The molecule has 10 unspecified atom stereocenters. The average molecular weight is 862 g/mol. The molecule has 25 atom stereocenters.